The van der Waals surface area contributed by atoms with Crippen LogP contribution in [0.15, 0.2) is 24.4 Å². The highest BCUT2D eigenvalue weighted by molar-refractivity contribution is 6.25. The van der Waals surface area contributed by atoms with Crippen molar-refractivity contribution >= 4 is 29.3 Å². The molecule has 2 aliphatic rings. The summed E-state index contributed by atoms with van der Waals surface area (Å²) in [6.45, 7) is 3.70. The summed E-state index contributed by atoms with van der Waals surface area (Å²) in [5.74, 6) is -2.10. The highest BCUT2D eigenvalue weighted by atomic mass is 16.5. The van der Waals surface area contributed by atoms with Crippen LogP contribution in [0.2, 0.25) is 0 Å². The van der Waals surface area contributed by atoms with Crippen molar-refractivity contribution in [2.24, 2.45) is 0 Å². The Kier molecular flexibility index (Phi) is 5.76. The van der Waals surface area contributed by atoms with Gasteiger partial charge >= 0.3 is 0 Å². The maximum absolute atomic E-state index is 13.0. The van der Waals surface area contributed by atoms with Crippen LogP contribution in [0.5, 0.6) is 0 Å². The Balaban J connectivity index is 1.36. The molecular weight excluding hydrogens is 404 g/mol. The van der Waals surface area contributed by atoms with Crippen LogP contribution in [-0.2, 0) is 20.9 Å². The molecule has 1 aromatic carbocycles. The third-order valence-electron chi connectivity index (χ3n) is 5.15. The maximum atomic E-state index is 13.0. The largest absolute Gasteiger partial charge is 0.382 e. The quantitative estimate of drug-likeness (QED) is 0.449. The Labute approximate surface area is 177 Å². The van der Waals surface area contributed by atoms with E-state index in [1.54, 1.807) is 22.9 Å². The van der Waals surface area contributed by atoms with Gasteiger partial charge in [0, 0.05) is 24.8 Å². The fraction of sp³-hybridized carbons (Fsp3) is 0.400. The number of aromatic nitrogens is 3. The van der Waals surface area contributed by atoms with E-state index < -0.39 is 29.7 Å². The van der Waals surface area contributed by atoms with E-state index in [1.165, 1.54) is 0 Å². The van der Waals surface area contributed by atoms with Crippen molar-refractivity contribution in [3.63, 3.8) is 0 Å². The van der Waals surface area contributed by atoms with Crippen LogP contribution in [0, 0.1) is 6.92 Å². The SMILES string of the molecule is Cc1cn(CCOCCNc2cccc3c2C(=O)N(C2CCC(=O)NC2=O)C3=O)nn1. The van der Waals surface area contributed by atoms with Gasteiger partial charge in [-0.05, 0) is 25.5 Å². The van der Waals surface area contributed by atoms with Crippen molar-refractivity contribution < 1.29 is 23.9 Å². The molecule has 1 fully saturated rings. The second-order valence-corrected chi connectivity index (χ2v) is 7.34. The minimum Gasteiger partial charge on any atom is -0.382 e. The molecule has 0 radical (unpaired) electrons. The van der Waals surface area contributed by atoms with E-state index in [9.17, 15) is 19.2 Å². The number of piperidine rings is 1. The predicted molar refractivity (Wildman–Crippen MR) is 107 cm³/mol. The molecule has 4 amide bonds. The van der Waals surface area contributed by atoms with E-state index in [-0.39, 0.29) is 24.0 Å². The number of anilines is 1. The lowest BCUT2D eigenvalue weighted by Crippen LogP contribution is -2.54. The third kappa shape index (κ3) is 4.17. The monoisotopic (exact) mass is 426 g/mol. The number of nitrogens with one attached hydrogen (secondary N) is 2. The molecule has 2 N–H and O–H groups in total. The second kappa shape index (κ2) is 8.64. The fourth-order valence-electron chi connectivity index (χ4n) is 3.68. The van der Waals surface area contributed by atoms with E-state index in [4.69, 9.17) is 4.74 Å². The van der Waals surface area contributed by atoms with Crippen LogP contribution in [0.1, 0.15) is 39.3 Å². The smallest absolute Gasteiger partial charge is 0.264 e. The second-order valence-electron chi connectivity index (χ2n) is 7.34. The molecule has 11 nitrogen and oxygen atoms in total. The highest BCUT2D eigenvalue weighted by Crippen LogP contribution is 2.32. The summed E-state index contributed by atoms with van der Waals surface area (Å²) >= 11 is 0. The van der Waals surface area contributed by atoms with E-state index in [1.807, 2.05) is 13.1 Å². The van der Waals surface area contributed by atoms with Crippen LogP contribution < -0.4 is 10.6 Å². The van der Waals surface area contributed by atoms with Gasteiger partial charge in [-0.2, -0.15) is 0 Å². The number of carbonyl (C=O) groups excluding carboxylic acids is 4. The number of aryl methyl sites for hydroxylation is 1. The normalized spacial score (nSPS) is 18.4. The summed E-state index contributed by atoms with van der Waals surface area (Å²) in [5.41, 5.74) is 1.81. The molecule has 0 bridgehead atoms. The number of imide groups is 2. The lowest BCUT2D eigenvalue weighted by Gasteiger charge is -2.27. The van der Waals surface area contributed by atoms with Gasteiger partial charge in [-0.15, -0.1) is 5.10 Å². The average Bonchev–Trinajstić information content (AvgIpc) is 3.26. The van der Waals surface area contributed by atoms with Crippen molar-refractivity contribution in [3.8, 4) is 0 Å². The fourth-order valence-corrected chi connectivity index (χ4v) is 3.68. The Hall–Kier alpha value is -3.60. The molecule has 1 atom stereocenters. The van der Waals surface area contributed by atoms with Crippen molar-refractivity contribution in [2.45, 2.75) is 32.4 Å². The van der Waals surface area contributed by atoms with E-state index >= 15 is 0 Å². The number of benzene rings is 1. The zero-order chi connectivity index (χ0) is 22.0. The van der Waals surface area contributed by atoms with Gasteiger partial charge in [-0.25, -0.2) is 4.68 Å². The van der Waals surface area contributed by atoms with Crippen LogP contribution in [0.4, 0.5) is 5.69 Å². The average molecular weight is 426 g/mol. The molecular formula is C20H22N6O5. The van der Waals surface area contributed by atoms with Crippen LogP contribution >= 0.6 is 0 Å². The van der Waals surface area contributed by atoms with E-state index in [0.29, 0.717) is 32.0 Å². The van der Waals surface area contributed by atoms with Gasteiger partial charge in [0.2, 0.25) is 11.8 Å². The summed E-state index contributed by atoms with van der Waals surface area (Å²) in [5, 5.41) is 13.2. The summed E-state index contributed by atoms with van der Waals surface area (Å²) in [7, 11) is 0. The van der Waals surface area contributed by atoms with Gasteiger partial charge in [0.1, 0.15) is 6.04 Å². The first kappa shape index (κ1) is 20.7. The zero-order valence-electron chi connectivity index (χ0n) is 17.0. The molecule has 11 heteroatoms. The molecule has 0 saturated carbocycles. The van der Waals surface area contributed by atoms with E-state index in [2.05, 4.69) is 20.9 Å². The first-order chi connectivity index (χ1) is 15.0. The van der Waals surface area contributed by atoms with Gasteiger partial charge in [0.05, 0.1) is 36.6 Å². The maximum Gasteiger partial charge on any atom is 0.264 e. The molecule has 3 heterocycles. The zero-order valence-corrected chi connectivity index (χ0v) is 17.0. The number of hydrogen-bond donors (Lipinski definition) is 2. The third-order valence-corrected chi connectivity index (χ3v) is 5.15. The number of fused-ring (bicyclic) bond motifs is 1. The molecule has 0 spiro atoms. The molecule has 1 unspecified atom stereocenters. The Bertz CT molecular complexity index is 1050. The summed E-state index contributed by atoms with van der Waals surface area (Å²) < 4.78 is 7.27. The van der Waals surface area contributed by atoms with E-state index in [0.717, 1.165) is 10.6 Å². The first-order valence-corrected chi connectivity index (χ1v) is 9.98. The molecule has 1 aromatic heterocycles. The lowest BCUT2D eigenvalue weighted by molar-refractivity contribution is -0.136. The first-order valence-electron chi connectivity index (χ1n) is 9.98. The highest BCUT2D eigenvalue weighted by Gasteiger charge is 2.45. The lowest BCUT2D eigenvalue weighted by atomic mass is 10.0. The van der Waals surface area contributed by atoms with Crippen molar-refractivity contribution in [1.29, 1.82) is 0 Å². The molecule has 1 saturated heterocycles. The molecule has 0 aliphatic carbocycles. The summed E-state index contributed by atoms with van der Waals surface area (Å²) in [6.07, 6.45) is 2.03. The van der Waals surface area contributed by atoms with Crippen molar-refractivity contribution in [3.05, 3.63) is 41.2 Å². The van der Waals surface area contributed by atoms with Crippen molar-refractivity contribution in [1.82, 2.24) is 25.2 Å². The number of carbonyl (C=O) groups is 4. The molecule has 2 aliphatic heterocycles. The van der Waals surface area contributed by atoms with Gasteiger partial charge in [-0.3, -0.25) is 29.4 Å². The van der Waals surface area contributed by atoms with Crippen molar-refractivity contribution in [2.75, 3.05) is 25.1 Å². The topological polar surface area (TPSA) is 136 Å². The van der Waals surface area contributed by atoms with Crippen LogP contribution in [0.3, 0.4) is 0 Å². The van der Waals surface area contributed by atoms with Gasteiger partial charge in [0.15, 0.2) is 0 Å². The van der Waals surface area contributed by atoms with Gasteiger partial charge in [0.25, 0.3) is 11.8 Å². The molecule has 31 heavy (non-hydrogen) atoms. The molecule has 4 rings (SSSR count). The molecule has 2 aromatic rings. The number of ether oxygens (including phenoxy) is 1. The Morgan fingerprint density at radius 2 is 2.03 bits per heavy atom. The number of nitrogens with zero attached hydrogens (tertiary/aromatic N) is 4. The van der Waals surface area contributed by atoms with Gasteiger partial charge in [-0.1, -0.05) is 11.3 Å². The molecule has 162 valence electrons. The number of hydrogen-bond acceptors (Lipinski definition) is 8. The van der Waals surface area contributed by atoms with Crippen LogP contribution in [0.25, 0.3) is 0 Å². The number of rotatable bonds is 8. The minimum atomic E-state index is -0.985. The Morgan fingerprint density at radius 3 is 2.77 bits per heavy atom. The van der Waals surface area contributed by atoms with Crippen LogP contribution in [-0.4, -0.2) is 69.3 Å². The standard InChI is InChI=1S/C20H22N6O5/c1-12-11-25(24-23-12)8-10-31-9-7-21-14-4-2-3-13-17(14)20(30)26(19(13)29)15-5-6-16(27)22-18(15)28/h2-4,11,15,21H,5-10H2,1H3,(H,22,27,28). The summed E-state index contributed by atoms with van der Waals surface area (Å²) in [6, 6.07) is 3.95. The Morgan fingerprint density at radius 1 is 1.19 bits per heavy atom. The predicted octanol–water partition coefficient (Wildman–Crippen LogP) is 0.116. The number of amides is 4. The minimum absolute atomic E-state index is 0.0838. The summed E-state index contributed by atoms with van der Waals surface area (Å²) in [4.78, 5) is 50.3. The van der Waals surface area contributed by atoms with Gasteiger partial charge < -0.3 is 10.1 Å².